The molecule has 2 N–H and O–H groups in total. The number of nitrogens with two attached hydrogens (primary N) is 1. The third-order valence-corrected chi connectivity index (χ3v) is 2.62. The first kappa shape index (κ1) is 12.4. The van der Waals surface area contributed by atoms with Crippen molar-refractivity contribution in [3.8, 4) is 5.75 Å². The Balaban J connectivity index is 2.36. The number of rotatable bonds is 3. The van der Waals surface area contributed by atoms with E-state index < -0.39 is 17.7 Å². The quantitative estimate of drug-likeness (QED) is 0.910. The monoisotopic (exact) mass is 250 g/mol. The van der Waals surface area contributed by atoms with E-state index >= 15 is 0 Å². The Morgan fingerprint density at radius 2 is 1.94 bits per heavy atom. The molecule has 0 aliphatic rings. The van der Waals surface area contributed by atoms with Crippen LogP contribution in [-0.4, -0.2) is 12.1 Å². The molecule has 2 rings (SSSR count). The number of hydrogen-bond donors (Lipinski definition) is 1. The number of hydrogen-bond acceptors (Lipinski definition) is 3. The van der Waals surface area contributed by atoms with Crippen LogP contribution in [-0.2, 0) is 0 Å². The van der Waals surface area contributed by atoms with Gasteiger partial charge in [0, 0.05) is 6.20 Å². The summed E-state index contributed by atoms with van der Waals surface area (Å²) in [5.74, 6) is -0.824. The molecule has 94 valence electrons. The van der Waals surface area contributed by atoms with Crippen LogP contribution in [0.3, 0.4) is 0 Å². The first-order chi connectivity index (χ1) is 8.61. The predicted molar refractivity (Wildman–Crippen MR) is 63.2 cm³/mol. The van der Waals surface area contributed by atoms with Crippen LogP contribution in [0.15, 0.2) is 36.7 Å². The lowest BCUT2D eigenvalue weighted by Gasteiger charge is -2.13. The lowest BCUT2D eigenvalue weighted by atomic mass is 10.0. The van der Waals surface area contributed by atoms with Crippen LogP contribution in [0.5, 0.6) is 5.75 Å². The maximum absolute atomic E-state index is 13.3. The van der Waals surface area contributed by atoms with E-state index in [9.17, 15) is 8.78 Å². The van der Waals surface area contributed by atoms with Crippen molar-refractivity contribution in [1.82, 2.24) is 4.98 Å². The minimum Gasteiger partial charge on any atom is -0.494 e. The molecular weight excluding hydrogens is 238 g/mol. The van der Waals surface area contributed by atoms with E-state index in [1.165, 1.54) is 37.6 Å². The summed E-state index contributed by atoms with van der Waals surface area (Å²) < 4.78 is 31.2. The van der Waals surface area contributed by atoms with Crippen molar-refractivity contribution < 1.29 is 13.5 Å². The Bertz CT molecular complexity index is 560. The predicted octanol–water partition coefficient (Wildman–Crippen LogP) is 2.42. The number of nitrogens with zero attached hydrogens (tertiary/aromatic N) is 1. The van der Waals surface area contributed by atoms with Gasteiger partial charge in [-0.2, -0.15) is 0 Å². The highest BCUT2D eigenvalue weighted by Crippen LogP contribution is 2.25. The summed E-state index contributed by atoms with van der Waals surface area (Å²) in [4.78, 5) is 3.73. The van der Waals surface area contributed by atoms with Crippen LogP contribution in [0, 0.1) is 11.6 Å². The van der Waals surface area contributed by atoms with Crippen LogP contribution in [0.1, 0.15) is 17.2 Å². The molecule has 0 spiro atoms. The van der Waals surface area contributed by atoms with Crippen molar-refractivity contribution in [1.29, 1.82) is 0 Å². The topological polar surface area (TPSA) is 48.1 Å². The van der Waals surface area contributed by atoms with E-state index in [0.29, 0.717) is 11.1 Å². The van der Waals surface area contributed by atoms with Crippen molar-refractivity contribution >= 4 is 0 Å². The van der Waals surface area contributed by atoms with Gasteiger partial charge in [0.25, 0.3) is 0 Å². The first-order valence-electron chi connectivity index (χ1n) is 5.31. The van der Waals surface area contributed by atoms with Gasteiger partial charge < -0.3 is 10.5 Å². The fourth-order valence-electron chi connectivity index (χ4n) is 1.66. The molecule has 1 unspecified atom stereocenters. The number of pyridine rings is 1. The summed E-state index contributed by atoms with van der Waals surface area (Å²) in [6.45, 7) is 0. The lowest BCUT2D eigenvalue weighted by molar-refractivity contribution is 0.385. The summed E-state index contributed by atoms with van der Waals surface area (Å²) >= 11 is 0. The zero-order chi connectivity index (χ0) is 13.1. The molecule has 3 nitrogen and oxygen atoms in total. The lowest BCUT2D eigenvalue weighted by Crippen LogP contribution is -2.12. The second kappa shape index (κ2) is 5.10. The number of halogens is 2. The molecule has 1 heterocycles. The van der Waals surface area contributed by atoms with Gasteiger partial charge in [-0.3, -0.25) is 4.98 Å². The van der Waals surface area contributed by atoms with Gasteiger partial charge in [0.15, 0.2) is 11.6 Å². The highest BCUT2D eigenvalue weighted by molar-refractivity contribution is 5.36. The average molecular weight is 250 g/mol. The van der Waals surface area contributed by atoms with Crippen LogP contribution in [0.25, 0.3) is 0 Å². The number of methoxy groups -OCH3 is 1. The van der Waals surface area contributed by atoms with E-state index in [1.54, 1.807) is 0 Å². The van der Waals surface area contributed by atoms with Crippen LogP contribution < -0.4 is 10.5 Å². The molecule has 1 atom stereocenters. The van der Waals surface area contributed by atoms with E-state index in [4.69, 9.17) is 10.5 Å². The maximum atomic E-state index is 13.3. The Kier molecular flexibility index (Phi) is 3.53. The third kappa shape index (κ3) is 2.46. The van der Waals surface area contributed by atoms with Crippen LogP contribution in [0.2, 0.25) is 0 Å². The molecular formula is C13H12F2N2O. The molecule has 0 fully saturated rings. The molecule has 0 saturated heterocycles. The Morgan fingerprint density at radius 3 is 2.61 bits per heavy atom. The third-order valence-electron chi connectivity index (χ3n) is 2.62. The number of ether oxygens (including phenoxy) is 1. The smallest absolute Gasteiger partial charge is 0.165 e. The van der Waals surface area contributed by atoms with Crippen molar-refractivity contribution in [2.75, 3.05) is 7.11 Å². The van der Waals surface area contributed by atoms with Gasteiger partial charge in [-0.05, 0) is 29.3 Å². The zero-order valence-corrected chi connectivity index (χ0v) is 9.73. The van der Waals surface area contributed by atoms with E-state index in [-0.39, 0.29) is 5.75 Å². The van der Waals surface area contributed by atoms with Gasteiger partial charge in [-0.25, -0.2) is 8.78 Å². The molecule has 1 aromatic heterocycles. The molecule has 5 heteroatoms. The summed E-state index contributed by atoms with van der Waals surface area (Å²) in [6, 6.07) is 5.01. The van der Waals surface area contributed by atoms with Gasteiger partial charge in [0.1, 0.15) is 5.82 Å². The number of benzene rings is 1. The van der Waals surface area contributed by atoms with Gasteiger partial charge in [0.05, 0.1) is 19.3 Å². The highest BCUT2D eigenvalue weighted by Gasteiger charge is 2.13. The molecule has 0 amide bonds. The minimum atomic E-state index is -0.581. The zero-order valence-electron chi connectivity index (χ0n) is 9.73. The molecule has 18 heavy (non-hydrogen) atoms. The van der Waals surface area contributed by atoms with Gasteiger partial charge in [-0.1, -0.05) is 6.07 Å². The molecule has 0 radical (unpaired) electrons. The van der Waals surface area contributed by atoms with Crippen molar-refractivity contribution in [2.24, 2.45) is 5.73 Å². The largest absolute Gasteiger partial charge is 0.494 e. The maximum Gasteiger partial charge on any atom is 0.165 e. The van der Waals surface area contributed by atoms with Crippen molar-refractivity contribution in [3.05, 3.63) is 59.4 Å². The minimum absolute atomic E-state index is 0.104. The van der Waals surface area contributed by atoms with E-state index in [2.05, 4.69) is 4.98 Å². The summed E-state index contributed by atoms with van der Waals surface area (Å²) in [6.07, 6.45) is 2.57. The van der Waals surface area contributed by atoms with Gasteiger partial charge >= 0.3 is 0 Å². The standard InChI is InChI=1S/C13H12F2N2O/c1-18-12-5-8(2-3-11(12)15)13(16)9-4-10(14)7-17-6-9/h2-7,13H,16H2,1H3. The Morgan fingerprint density at radius 1 is 1.17 bits per heavy atom. The fraction of sp³-hybridized carbons (Fsp3) is 0.154. The molecule has 0 aliphatic carbocycles. The average Bonchev–Trinajstić information content (AvgIpc) is 2.38. The van der Waals surface area contributed by atoms with Crippen molar-refractivity contribution in [2.45, 2.75) is 6.04 Å². The SMILES string of the molecule is COc1cc(C(N)c2cncc(F)c2)ccc1F. The molecule has 0 bridgehead atoms. The van der Waals surface area contributed by atoms with Crippen molar-refractivity contribution in [3.63, 3.8) is 0 Å². The van der Waals surface area contributed by atoms with Gasteiger partial charge in [0.2, 0.25) is 0 Å². The molecule has 1 aromatic carbocycles. The van der Waals surface area contributed by atoms with Crippen LogP contribution >= 0.6 is 0 Å². The first-order valence-corrected chi connectivity index (χ1v) is 5.31. The fourth-order valence-corrected chi connectivity index (χ4v) is 1.66. The second-order valence-corrected chi connectivity index (χ2v) is 3.81. The molecule has 0 saturated carbocycles. The Hall–Kier alpha value is -2.01. The summed E-state index contributed by atoms with van der Waals surface area (Å²) in [5, 5.41) is 0. The van der Waals surface area contributed by atoms with E-state index in [1.807, 2.05) is 0 Å². The molecule has 2 aromatic rings. The normalized spacial score (nSPS) is 12.2. The summed E-state index contributed by atoms with van der Waals surface area (Å²) in [7, 11) is 1.37. The highest BCUT2D eigenvalue weighted by atomic mass is 19.1. The summed E-state index contributed by atoms with van der Waals surface area (Å²) in [5.41, 5.74) is 7.12. The van der Waals surface area contributed by atoms with E-state index in [0.717, 1.165) is 6.20 Å². The second-order valence-electron chi connectivity index (χ2n) is 3.81. The Labute approximate surface area is 103 Å². The van der Waals surface area contributed by atoms with Crippen LogP contribution in [0.4, 0.5) is 8.78 Å². The van der Waals surface area contributed by atoms with Gasteiger partial charge in [-0.15, -0.1) is 0 Å². The number of aromatic nitrogens is 1. The molecule has 0 aliphatic heterocycles.